The highest BCUT2D eigenvalue weighted by Crippen LogP contribution is 2.72. The van der Waals surface area contributed by atoms with Gasteiger partial charge in [-0.1, -0.05) is 103 Å². The topological polar surface area (TPSA) is 30.5 Å². The molecule has 0 aromatic heterocycles. The summed E-state index contributed by atoms with van der Waals surface area (Å²) in [5, 5.41) is 12.0. The maximum absolute atomic E-state index is 3.99. The Bertz CT molecular complexity index is 1190. The summed E-state index contributed by atoms with van der Waals surface area (Å²) < 4.78 is 5.43. The second-order valence-corrected chi connectivity index (χ2v) is 15.7. The van der Waals surface area contributed by atoms with Gasteiger partial charge in [0.05, 0.1) is 11.4 Å². The smallest absolute Gasteiger partial charge is 0.138 e. The minimum absolute atomic E-state index is 0.351. The third-order valence-electron chi connectivity index (χ3n) is 5.80. The molecule has 0 spiro atoms. The van der Waals surface area contributed by atoms with Crippen molar-refractivity contribution in [2.24, 2.45) is 0 Å². The molecule has 2 unspecified atom stereocenters. The molecule has 0 fully saturated rings. The number of para-hydroxylation sites is 2. The van der Waals surface area contributed by atoms with Gasteiger partial charge >= 0.3 is 0 Å². The molecule has 0 bridgehead atoms. The Balaban J connectivity index is 1.74. The quantitative estimate of drug-likeness (QED) is 0.218. The fraction of sp³-hybridized carbons (Fsp3) is 0.200. The summed E-state index contributed by atoms with van der Waals surface area (Å²) in [5.41, 5.74) is 2.60. The van der Waals surface area contributed by atoms with Gasteiger partial charge in [0.15, 0.2) is 0 Å². The molecule has 0 radical (unpaired) electrons. The lowest BCUT2D eigenvalue weighted by molar-refractivity contribution is 0.762. The standard InChI is InChI=1S/C30H35N4P3/c1-24(2)31-35(26-16-8-5-9-17-26)33-29-22-14-15-23-30(29)34(37(33)28-20-12-7-13-21-28)36(32-25(3)4)27-18-10-6-11-19-27/h5-25,31-32H,1-4H3. The van der Waals surface area contributed by atoms with Gasteiger partial charge in [0, 0.05) is 28.0 Å². The molecule has 4 nitrogen and oxygen atoms in total. The monoisotopic (exact) mass is 544 g/mol. The number of benzene rings is 4. The van der Waals surface area contributed by atoms with E-state index in [4.69, 9.17) is 0 Å². The van der Waals surface area contributed by atoms with E-state index in [2.05, 4.69) is 162 Å². The molecule has 37 heavy (non-hydrogen) atoms. The molecule has 0 saturated heterocycles. The Morgan fingerprint density at radius 3 is 1.24 bits per heavy atom. The normalized spacial score (nSPS) is 16.8. The summed E-state index contributed by atoms with van der Waals surface area (Å²) in [6.07, 6.45) is 0. The van der Waals surface area contributed by atoms with Gasteiger partial charge in [-0.05, 0) is 39.8 Å². The van der Waals surface area contributed by atoms with Gasteiger partial charge in [-0.25, -0.2) is 0 Å². The Morgan fingerprint density at radius 2 is 0.865 bits per heavy atom. The van der Waals surface area contributed by atoms with Crippen molar-refractivity contribution < 1.29 is 0 Å². The highest BCUT2D eigenvalue weighted by atomic mass is 31.2. The van der Waals surface area contributed by atoms with E-state index < -0.39 is 24.7 Å². The van der Waals surface area contributed by atoms with Crippen LogP contribution in [0, 0.1) is 0 Å². The third-order valence-corrected chi connectivity index (χ3v) is 14.1. The molecular formula is C30H35N4P3. The highest BCUT2D eigenvalue weighted by molar-refractivity contribution is 7.91. The molecule has 4 aromatic carbocycles. The molecule has 5 rings (SSSR count). The van der Waals surface area contributed by atoms with Crippen molar-refractivity contribution in [3.8, 4) is 0 Å². The predicted molar refractivity (Wildman–Crippen MR) is 167 cm³/mol. The molecule has 0 saturated carbocycles. The van der Waals surface area contributed by atoms with E-state index in [0.717, 1.165) is 0 Å². The molecule has 4 aromatic rings. The average molecular weight is 545 g/mol. The first-order valence-electron chi connectivity index (χ1n) is 12.8. The number of anilines is 2. The van der Waals surface area contributed by atoms with Crippen molar-refractivity contribution >= 4 is 52.0 Å². The Kier molecular flexibility index (Phi) is 8.56. The SMILES string of the molecule is CC(C)NP(c1ccccc1)N1c2ccccc2N(P(NC(C)C)c2ccccc2)P1c1ccccc1. The molecule has 1 aliphatic rings. The van der Waals surface area contributed by atoms with E-state index in [-0.39, 0.29) is 0 Å². The van der Waals surface area contributed by atoms with E-state index in [1.54, 1.807) is 0 Å². The molecular weight excluding hydrogens is 509 g/mol. The number of rotatable bonds is 9. The average Bonchev–Trinajstić information content (AvgIpc) is 3.26. The fourth-order valence-corrected chi connectivity index (χ4v) is 13.3. The lowest BCUT2D eigenvalue weighted by Gasteiger charge is -2.41. The molecule has 0 aliphatic carbocycles. The van der Waals surface area contributed by atoms with Crippen molar-refractivity contribution in [3.05, 3.63) is 115 Å². The Hall–Kier alpha value is -2.31. The fourth-order valence-electron chi connectivity index (χ4n) is 4.36. The molecule has 7 heteroatoms. The largest absolute Gasteiger partial charge is 0.289 e. The van der Waals surface area contributed by atoms with Gasteiger partial charge in [0.2, 0.25) is 0 Å². The number of fused-ring (bicyclic) bond motifs is 1. The summed E-state index contributed by atoms with van der Waals surface area (Å²) in [5.74, 6) is 0. The second kappa shape index (κ2) is 12.0. The Morgan fingerprint density at radius 1 is 0.514 bits per heavy atom. The number of hydrogen-bond donors (Lipinski definition) is 2. The van der Waals surface area contributed by atoms with Gasteiger partial charge in [0.1, 0.15) is 24.7 Å². The molecule has 1 aliphatic heterocycles. The maximum Gasteiger partial charge on any atom is 0.138 e. The van der Waals surface area contributed by atoms with Gasteiger partial charge in [0.25, 0.3) is 0 Å². The number of nitrogens with one attached hydrogen (secondary N) is 2. The first kappa shape index (κ1) is 26.3. The van der Waals surface area contributed by atoms with Crippen LogP contribution in [-0.4, -0.2) is 12.1 Å². The summed E-state index contributed by atoms with van der Waals surface area (Å²) in [6.45, 7) is 9.00. The van der Waals surface area contributed by atoms with Crippen LogP contribution in [0.5, 0.6) is 0 Å². The molecule has 0 amide bonds. The van der Waals surface area contributed by atoms with Gasteiger partial charge < -0.3 is 0 Å². The van der Waals surface area contributed by atoms with Crippen molar-refractivity contribution in [2.75, 3.05) is 8.88 Å². The van der Waals surface area contributed by atoms with Crippen LogP contribution in [0.3, 0.4) is 0 Å². The third kappa shape index (κ3) is 5.75. The van der Waals surface area contributed by atoms with Crippen LogP contribution in [0.2, 0.25) is 0 Å². The first-order chi connectivity index (χ1) is 18.0. The van der Waals surface area contributed by atoms with Crippen LogP contribution >= 0.6 is 24.7 Å². The summed E-state index contributed by atoms with van der Waals surface area (Å²) in [4.78, 5) is 0. The van der Waals surface area contributed by atoms with E-state index in [1.807, 2.05) is 0 Å². The zero-order valence-corrected chi connectivity index (χ0v) is 24.5. The van der Waals surface area contributed by atoms with Crippen LogP contribution in [0.1, 0.15) is 27.7 Å². The maximum atomic E-state index is 3.99. The van der Waals surface area contributed by atoms with E-state index in [0.29, 0.717) is 12.1 Å². The zero-order chi connectivity index (χ0) is 25.8. The van der Waals surface area contributed by atoms with Crippen LogP contribution < -0.4 is 35.0 Å². The van der Waals surface area contributed by atoms with Crippen LogP contribution in [0.4, 0.5) is 11.4 Å². The molecule has 2 atom stereocenters. The van der Waals surface area contributed by atoms with E-state index in [1.165, 1.54) is 27.3 Å². The van der Waals surface area contributed by atoms with Gasteiger partial charge in [-0.15, -0.1) is 0 Å². The number of nitrogens with zero attached hydrogens (tertiary/aromatic N) is 2. The Labute approximate surface area is 225 Å². The minimum atomic E-state index is -0.882. The summed E-state index contributed by atoms with van der Waals surface area (Å²) >= 11 is 0. The zero-order valence-electron chi connectivity index (χ0n) is 21.9. The van der Waals surface area contributed by atoms with Crippen LogP contribution in [0.25, 0.3) is 0 Å². The van der Waals surface area contributed by atoms with Gasteiger partial charge in [-0.3, -0.25) is 19.1 Å². The van der Waals surface area contributed by atoms with E-state index >= 15 is 0 Å². The highest BCUT2D eigenvalue weighted by Gasteiger charge is 2.45. The number of hydrogen-bond acceptors (Lipinski definition) is 4. The summed E-state index contributed by atoms with van der Waals surface area (Å²) in [6, 6.07) is 42.7. The lowest BCUT2D eigenvalue weighted by atomic mass is 10.3. The summed E-state index contributed by atoms with van der Waals surface area (Å²) in [7, 11) is -2.55. The van der Waals surface area contributed by atoms with Gasteiger partial charge in [-0.2, -0.15) is 0 Å². The second-order valence-electron chi connectivity index (χ2n) is 9.55. The predicted octanol–water partition coefficient (Wildman–Crippen LogP) is 7.22. The van der Waals surface area contributed by atoms with Crippen molar-refractivity contribution in [1.29, 1.82) is 0 Å². The van der Waals surface area contributed by atoms with Crippen LogP contribution in [0.15, 0.2) is 115 Å². The molecule has 1 heterocycles. The van der Waals surface area contributed by atoms with E-state index in [9.17, 15) is 0 Å². The first-order valence-corrected chi connectivity index (χ1v) is 16.6. The van der Waals surface area contributed by atoms with Crippen molar-refractivity contribution in [1.82, 2.24) is 10.2 Å². The lowest BCUT2D eigenvalue weighted by Crippen LogP contribution is -2.36. The van der Waals surface area contributed by atoms with Crippen LogP contribution in [-0.2, 0) is 0 Å². The van der Waals surface area contributed by atoms with Crippen molar-refractivity contribution in [3.63, 3.8) is 0 Å². The molecule has 2 N–H and O–H groups in total. The molecule has 190 valence electrons. The minimum Gasteiger partial charge on any atom is -0.289 e. The van der Waals surface area contributed by atoms with Crippen molar-refractivity contribution in [2.45, 2.75) is 39.8 Å².